The van der Waals surface area contributed by atoms with Crippen LogP contribution in [-0.4, -0.2) is 24.3 Å². The molecule has 0 spiro atoms. The van der Waals surface area contributed by atoms with Crippen molar-refractivity contribution in [2.24, 2.45) is 5.73 Å². The van der Waals surface area contributed by atoms with Gasteiger partial charge >= 0.3 is 0 Å². The molecule has 0 aliphatic carbocycles. The van der Waals surface area contributed by atoms with Crippen LogP contribution in [0.5, 0.6) is 0 Å². The molecule has 104 valence electrons. The SMILES string of the molecule is CC(C)n1c(Cn2cncn2)nc2cc(CN)ccc21. The van der Waals surface area contributed by atoms with Gasteiger partial charge in [0.1, 0.15) is 25.0 Å². The Morgan fingerprint density at radius 2 is 2.15 bits per heavy atom. The molecular weight excluding hydrogens is 252 g/mol. The molecule has 0 saturated carbocycles. The summed E-state index contributed by atoms with van der Waals surface area (Å²) < 4.78 is 4.02. The molecule has 2 heterocycles. The molecule has 1 aromatic carbocycles. The third-order valence-corrected chi connectivity index (χ3v) is 3.35. The number of nitrogens with zero attached hydrogens (tertiary/aromatic N) is 5. The topological polar surface area (TPSA) is 74.5 Å². The molecule has 0 aliphatic heterocycles. The van der Waals surface area contributed by atoms with E-state index in [2.05, 4.69) is 46.7 Å². The van der Waals surface area contributed by atoms with E-state index in [-0.39, 0.29) is 0 Å². The highest BCUT2D eigenvalue weighted by atomic mass is 15.3. The Balaban J connectivity index is 2.12. The van der Waals surface area contributed by atoms with E-state index in [0.29, 0.717) is 19.1 Å². The number of aromatic nitrogens is 5. The summed E-state index contributed by atoms with van der Waals surface area (Å²) in [4.78, 5) is 8.71. The van der Waals surface area contributed by atoms with Crippen LogP contribution in [0, 0.1) is 0 Å². The number of hydrogen-bond acceptors (Lipinski definition) is 4. The second kappa shape index (κ2) is 5.05. The molecule has 0 fully saturated rings. The normalized spacial score (nSPS) is 11.6. The number of fused-ring (bicyclic) bond motifs is 1. The molecule has 0 atom stereocenters. The molecule has 0 saturated heterocycles. The van der Waals surface area contributed by atoms with E-state index in [1.807, 2.05) is 0 Å². The summed E-state index contributed by atoms with van der Waals surface area (Å²) in [7, 11) is 0. The zero-order valence-corrected chi connectivity index (χ0v) is 11.7. The highest BCUT2D eigenvalue weighted by molar-refractivity contribution is 5.77. The number of rotatable bonds is 4. The summed E-state index contributed by atoms with van der Waals surface area (Å²) >= 11 is 0. The van der Waals surface area contributed by atoms with Gasteiger partial charge in [-0.05, 0) is 31.5 Å². The molecule has 0 radical (unpaired) electrons. The van der Waals surface area contributed by atoms with Gasteiger partial charge in [-0.15, -0.1) is 0 Å². The van der Waals surface area contributed by atoms with Crippen molar-refractivity contribution in [2.75, 3.05) is 0 Å². The average molecular weight is 270 g/mol. The molecule has 20 heavy (non-hydrogen) atoms. The van der Waals surface area contributed by atoms with E-state index in [1.165, 1.54) is 6.33 Å². The van der Waals surface area contributed by atoms with Crippen LogP contribution in [0.25, 0.3) is 11.0 Å². The maximum absolute atomic E-state index is 5.70. The van der Waals surface area contributed by atoms with E-state index >= 15 is 0 Å². The fraction of sp³-hybridized carbons (Fsp3) is 0.357. The van der Waals surface area contributed by atoms with Crippen molar-refractivity contribution in [1.82, 2.24) is 24.3 Å². The monoisotopic (exact) mass is 270 g/mol. The van der Waals surface area contributed by atoms with Gasteiger partial charge in [0.25, 0.3) is 0 Å². The maximum atomic E-state index is 5.70. The summed E-state index contributed by atoms with van der Waals surface area (Å²) in [5.41, 5.74) is 8.91. The van der Waals surface area contributed by atoms with Gasteiger partial charge in [-0.2, -0.15) is 5.10 Å². The van der Waals surface area contributed by atoms with Crippen molar-refractivity contribution in [1.29, 1.82) is 0 Å². The lowest BCUT2D eigenvalue weighted by atomic mass is 10.2. The molecule has 0 unspecified atom stereocenters. The van der Waals surface area contributed by atoms with E-state index in [4.69, 9.17) is 10.7 Å². The van der Waals surface area contributed by atoms with Gasteiger partial charge in [-0.1, -0.05) is 6.07 Å². The summed E-state index contributed by atoms with van der Waals surface area (Å²) in [5, 5.41) is 4.15. The van der Waals surface area contributed by atoms with Crippen LogP contribution in [-0.2, 0) is 13.1 Å². The molecule has 0 amide bonds. The van der Waals surface area contributed by atoms with Gasteiger partial charge in [0.05, 0.1) is 11.0 Å². The predicted octanol–water partition coefficient (Wildman–Crippen LogP) is 1.72. The number of hydrogen-bond donors (Lipinski definition) is 1. The molecule has 0 aliphatic rings. The third-order valence-electron chi connectivity index (χ3n) is 3.35. The van der Waals surface area contributed by atoms with Crippen molar-refractivity contribution in [2.45, 2.75) is 33.0 Å². The average Bonchev–Trinajstić information content (AvgIpc) is 3.04. The Hall–Kier alpha value is -2.21. The highest BCUT2D eigenvalue weighted by Gasteiger charge is 2.14. The molecule has 6 nitrogen and oxygen atoms in total. The van der Waals surface area contributed by atoms with Crippen molar-refractivity contribution >= 4 is 11.0 Å². The van der Waals surface area contributed by atoms with Crippen molar-refractivity contribution in [3.8, 4) is 0 Å². The Kier molecular flexibility index (Phi) is 3.23. The van der Waals surface area contributed by atoms with E-state index in [1.54, 1.807) is 11.0 Å². The Bertz CT molecular complexity index is 711. The Morgan fingerprint density at radius 1 is 1.30 bits per heavy atom. The fourth-order valence-corrected chi connectivity index (χ4v) is 2.47. The Labute approximate surface area is 117 Å². The summed E-state index contributed by atoms with van der Waals surface area (Å²) in [6.07, 6.45) is 3.24. The Morgan fingerprint density at radius 3 is 2.80 bits per heavy atom. The van der Waals surface area contributed by atoms with Gasteiger partial charge in [0.2, 0.25) is 0 Å². The standard InChI is InChI=1S/C14H18N6/c1-10(2)20-13-4-3-11(6-15)5-12(13)18-14(20)7-19-9-16-8-17-19/h3-5,8-10H,6-7,15H2,1-2H3. The lowest BCUT2D eigenvalue weighted by Gasteiger charge is -2.13. The molecule has 2 N–H and O–H groups in total. The highest BCUT2D eigenvalue weighted by Crippen LogP contribution is 2.22. The zero-order chi connectivity index (χ0) is 14.1. The second-order valence-electron chi connectivity index (χ2n) is 5.11. The maximum Gasteiger partial charge on any atom is 0.137 e. The van der Waals surface area contributed by atoms with Crippen LogP contribution in [0.1, 0.15) is 31.3 Å². The van der Waals surface area contributed by atoms with Crippen LogP contribution < -0.4 is 5.73 Å². The first-order chi connectivity index (χ1) is 9.69. The van der Waals surface area contributed by atoms with Crippen molar-refractivity contribution < 1.29 is 0 Å². The second-order valence-corrected chi connectivity index (χ2v) is 5.11. The van der Waals surface area contributed by atoms with Crippen LogP contribution in [0.15, 0.2) is 30.9 Å². The van der Waals surface area contributed by atoms with Gasteiger partial charge in [-0.3, -0.25) is 0 Å². The predicted molar refractivity (Wildman–Crippen MR) is 77.1 cm³/mol. The molecule has 0 bridgehead atoms. The smallest absolute Gasteiger partial charge is 0.137 e. The van der Waals surface area contributed by atoms with Gasteiger partial charge < -0.3 is 10.3 Å². The lowest BCUT2D eigenvalue weighted by molar-refractivity contribution is 0.550. The number of benzene rings is 1. The summed E-state index contributed by atoms with van der Waals surface area (Å²) in [6, 6.07) is 6.54. The lowest BCUT2D eigenvalue weighted by Crippen LogP contribution is -2.11. The van der Waals surface area contributed by atoms with Crippen LogP contribution in [0.4, 0.5) is 0 Å². The number of imidazole rings is 1. The number of nitrogens with two attached hydrogens (primary N) is 1. The van der Waals surface area contributed by atoms with E-state index in [0.717, 1.165) is 22.4 Å². The first-order valence-corrected chi connectivity index (χ1v) is 6.71. The van der Waals surface area contributed by atoms with Gasteiger partial charge in [0.15, 0.2) is 0 Å². The van der Waals surface area contributed by atoms with Crippen molar-refractivity contribution in [3.63, 3.8) is 0 Å². The first-order valence-electron chi connectivity index (χ1n) is 6.71. The van der Waals surface area contributed by atoms with Crippen LogP contribution in [0.2, 0.25) is 0 Å². The summed E-state index contributed by atoms with van der Waals surface area (Å²) in [5.74, 6) is 0.981. The van der Waals surface area contributed by atoms with Gasteiger partial charge in [-0.25, -0.2) is 14.6 Å². The molecule has 3 aromatic rings. The molecule has 3 rings (SSSR count). The van der Waals surface area contributed by atoms with Crippen LogP contribution in [0.3, 0.4) is 0 Å². The van der Waals surface area contributed by atoms with Gasteiger partial charge in [0, 0.05) is 12.6 Å². The minimum atomic E-state index is 0.335. The fourth-order valence-electron chi connectivity index (χ4n) is 2.47. The largest absolute Gasteiger partial charge is 0.326 e. The first kappa shape index (κ1) is 12.8. The van der Waals surface area contributed by atoms with Crippen LogP contribution >= 0.6 is 0 Å². The quantitative estimate of drug-likeness (QED) is 0.783. The van der Waals surface area contributed by atoms with Crippen molar-refractivity contribution in [3.05, 3.63) is 42.2 Å². The third kappa shape index (κ3) is 2.18. The van der Waals surface area contributed by atoms with E-state index < -0.39 is 0 Å². The summed E-state index contributed by atoms with van der Waals surface area (Å²) in [6.45, 7) is 5.46. The minimum Gasteiger partial charge on any atom is -0.326 e. The zero-order valence-electron chi connectivity index (χ0n) is 11.7. The minimum absolute atomic E-state index is 0.335. The molecule has 6 heteroatoms. The molecule has 2 aromatic heterocycles. The van der Waals surface area contributed by atoms with E-state index in [9.17, 15) is 0 Å². The molecular formula is C14H18N6.